The van der Waals surface area contributed by atoms with E-state index in [1.165, 1.54) is 19.3 Å². The monoisotopic (exact) mass is 285 g/mol. The van der Waals surface area contributed by atoms with Crippen LogP contribution in [0.15, 0.2) is 0 Å². The van der Waals surface area contributed by atoms with Crippen molar-refractivity contribution in [3.05, 3.63) is 0 Å². The van der Waals surface area contributed by atoms with Gasteiger partial charge in [-0.3, -0.25) is 0 Å². The zero-order valence-electron chi connectivity index (χ0n) is 13.6. The van der Waals surface area contributed by atoms with Gasteiger partial charge in [-0.2, -0.15) is 0 Å². The standard InChI is InChI=1S/C16H31NO3/c1-5-17(6-2)12-13-19-15(18)16(3,4)20-14-10-8-7-9-11-14/h14H,5-13H2,1-4H3. The van der Waals surface area contributed by atoms with Crippen LogP contribution < -0.4 is 0 Å². The van der Waals surface area contributed by atoms with Crippen molar-refractivity contribution in [2.45, 2.75) is 71.5 Å². The van der Waals surface area contributed by atoms with Gasteiger partial charge in [0.2, 0.25) is 0 Å². The summed E-state index contributed by atoms with van der Waals surface area (Å²) in [5, 5.41) is 0. The van der Waals surface area contributed by atoms with Gasteiger partial charge < -0.3 is 14.4 Å². The van der Waals surface area contributed by atoms with Crippen LogP contribution in [-0.4, -0.2) is 48.8 Å². The first kappa shape index (κ1) is 17.4. The molecular weight excluding hydrogens is 254 g/mol. The van der Waals surface area contributed by atoms with Gasteiger partial charge in [-0.1, -0.05) is 33.1 Å². The smallest absolute Gasteiger partial charge is 0.337 e. The predicted molar refractivity (Wildman–Crippen MR) is 80.8 cm³/mol. The molecule has 0 bridgehead atoms. The van der Waals surface area contributed by atoms with Crippen molar-refractivity contribution in [3.8, 4) is 0 Å². The number of nitrogens with zero attached hydrogens (tertiary/aromatic N) is 1. The van der Waals surface area contributed by atoms with Crippen LogP contribution in [0, 0.1) is 0 Å². The average molecular weight is 285 g/mol. The van der Waals surface area contributed by atoms with E-state index in [2.05, 4.69) is 18.7 Å². The summed E-state index contributed by atoms with van der Waals surface area (Å²) in [6, 6.07) is 0. The largest absolute Gasteiger partial charge is 0.462 e. The summed E-state index contributed by atoms with van der Waals surface area (Å²) < 4.78 is 11.3. The van der Waals surface area contributed by atoms with Gasteiger partial charge in [0.05, 0.1) is 6.10 Å². The van der Waals surface area contributed by atoms with E-state index in [9.17, 15) is 4.79 Å². The Labute approximate surface area is 123 Å². The van der Waals surface area contributed by atoms with Gasteiger partial charge in [0.15, 0.2) is 5.60 Å². The fraction of sp³-hybridized carbons (Fsp3) is 0.938. The summed E-state index contributed by atoms with van der Waals surface area (Å²) in [6.07, 6.45) is 6.05. The first-order valence-corrected chi connectivity index (χ1v) is 8.07. The number of hydrogen-bond donors (Lipinski definition) is 0. The second kappa shape index (κ2) is 8.63. The summed E-state index contributed by atoms with van der Waals surface area (Å²) in [7, 11) is 0. The Morgan fingerprint density at radius 1 is 1.15 bits per heavy atom. The molecule has 0 heterocycles. The molecule has 0 aliphatic heterocycles. The van der Waals surface area contributed by atoms with E-state index in [4.69, 9.17) is 9.47 Å². The topological polar surface area (TPSA) is 38.8 Å². The number of hydrogen-bond acceptors (Lipinski definition) is 4. The van der Waals surface area contributed by atoms with Crippen molar-refractivity contribution in [3.63, 3.8) is 0 Å². The zero-order valence-corrected chi connectivity index (χ0v) is 13.6. The predicted octanol–water partition coefficient (Wildman–Crippen LogP) is 3.00. The maximum absolute atomic E-state index is 12.1. The Balaban J connectivity index is 2.32. The summed E-state index contributed by atoms with van der Waals surface area (Å²) in [6.45, 7) is 11.1. The molecule has 0 aromatic heterocycles. The summed E-state index contributed by atoms with van der Waals surface area (Å²) in [5.41, 5.74) is -0.828. The molecule has 118 valence electrons. The van der Waals surface area contributed by atoms with E-state index in [0.29, 0.717) is 6.61 Å². The molecule has 0 atom stereocenters. The highest BCUT2D eigenvalue weighted by Gasteiger charge is 2.33. The van der Waals surface area contributed by atoms with Crippen LogP contribution >= 0.6 is 0 Å². The normalized spacial score (nSPS) is 17.4. The molecule has 0 saturated heterocycles. The maximum Gasteiger partial charge on any atom is 0.337 e. The van der Waals surface area contributed by atoms with E-state index >= 15 is 0 Å². The van der Waals surface area contributed by atoms with Crippen molar-refractivity contribution in [2.75, 3.05) is 26.2 Å². The average Bonchev–Trinajstić information content (AvgIpc) is 2.44. The van der Waals surface area contributed by atoms with Crippen LogP contribution in [0.3, 0.4) is 0 Å². The molecule has 1 rings (SSSR count). The fourth-order valence-corrected chi connectivity index (χ4v) is 2.63. The Kier molecular flexibility index (Phi) is 7.52. The molecule has 4 heteroatoms. The number of carbonyl (C=O) groups excluding carboxylic acids is 1. The molecule has 1 fully saturated rings. The van der Waals surface area contributed by atoms with Crippen molar-refractivity contribution in [1.29, 1.82) is 0 Å². The van der Waals surface area contributed by atoms with Gasteiger partial charge in [-0.05, 0) is 39.8 Å². The zero-order chi connectivity index (χ0) is 15.0. The van der Waals surface area contributed by atoms with E-state index in [1.54, 1.807) is 0 Å². The summed E-state index contributed by atoms with van der Waals surface area (Å²) >= 11 is 0. The first-order chi connectivity index (χ1) is 9.49. The minimum absolute atomic E-state index is 0.217. The van der Waals surface area contributed by atoms with Crippen LogP contribution in [0.4, 0.5) is 0 Å². The Morgan fingerprint density at radius 3 is 2.30 bits per heavy atom. The van der Waals surface area contributed by atoms with E-state index < -0.39 is 5.60 Å². The molecule has 0 amide bonds. The molecule has 0 radical (unpaired) electrons. The molecule has 20 heavy (non-hydrogen) atoms. The second-order valence-electron chi connectivity index (χ2n) is 6.05. The van der Waals surface area contributed by atoms with E-state index in [1.807, 2.05) is 13.8 Å². The van der Waals surface area contributed by atoms with Gasteiger partial charge in [0.25, 0.3) is 0 Å². The van der Waals surface area contributed by atoms with Gasteiger partial charge in [0, 0.05) is 6.54 Å². The van der Waals surface area contributed by atoms with Crippen molar-refractivity contribution >= 4 is 5.97 Å². The molecule has 4 nitrogen and oxygen atoms in total. The summed E-state index contributed by atoms with van der Waals surface area (Å²) in [4.78, 5) is 14.4. The quantitative estimate of drug-likeness (QED) is 0.643. The Hall–Kier alpha value is -0.610. The van der Waals surface area contributed by atoms with Gasteiger partial charge >= 0.3 is 5.97 Å². The van der Waals surface area contributed by atoms with Crippen LogP contribution in [0.1, 0.15) is 59.8 Å². The van der Waals surface area contributed by atoms with Crippen LogP contribution in [0.5, 0.6) is 0 Å². The molecule has 1 saturated carbocycles. The fourth-order valence-electron chi connectivity index (χ4n) is 2.63. The molecule has 0 aromatic carbocycles. The highest BCUT2D eigenvalue weighted by atomic mass is 16.6. The molecule has 0 unspecified atom stereocenters. The van der Waals surface area contributed by atoms with Crippen molar-refractivity contribution in [2.24, 2.45) is 0 Å². The maximum atomic E-state index is 12.1. The number of likely N-dealkylation sites (N-methyl/N-ethyl adjacent to an activating group) is 1. The molecule has 1 aliphatic rings. The van der Waals surface area contributed by atoms with Gasteiger partial charge in [-0.25, -0.2) is 4.79 Å². The third-order valence-electron chi connectivity index (χ3n) is 4.04. The lowest BCUT2D eigenvalue weighted by molar-refractivity contribution is -0.177. The van der Waals surface area contributed by atoms with E-state index in [-0.39, 0.29) is 12.1 Å². The molecular formula is C16H31NO3. The number of carbonyl (C=O) groups is 1. The second-order valence-corrected chi connectivity index (χ2v) is 6.05. The minimum Gasteiger partial charge on any atom is -0.462 e. The first-order valence-electron chi connectivity index (χ1n) is 8.07. The molecule has 0 aromatic rings. The lowest BCUT2D eigenvalue weighted by Crippen LogP contribution is -2.41. The van der Waals surface area contributed by atoms with Crippen molar-refractivity contribution < 1.29 is 14.3 Å². The van der Waals surface area contributed by atoms with E-state index in [0.717, 1.165) is 32.5 Å². The number of esters is 1. The lowest BCUT2D eigenvalue weighted by atomic mass is 9.97. The highest BCUT2D eigenvalue weighted by Crippen LogP contribution is 2.25. The lowest BCUT2D eigenvalue weighted by Gasteiger charge is -2.31. The van der Waals surface area contributed by atoms with Crippen molar-refractivity contribution in [1.82, 2.24) is 4.90 Å². The van der Waals surface area contributed by atoms with Gasteiger partial charge in [-0.15, -0.1) is 0 Å². The van der Waals surface area contributed by atoms with Gasteiger partial charge in [0.1, 0.15) is 6.61 Å². The minimum atomic E-state index is -0.828. The molecule has 0 N–H and O–H groups in total. The Bertz CT molecular complexity index is 281. The van der Waals surface area contributed by atoms with Crippen LogP contribution in [0.2, 0.25) is 0 Å². The SMILES string of the molecule is CCN(CC)CCOC(=O)C(C)(C)OC1CCCCC1. The van der Waals surface area contributed by atoms with Crippen LogP contribution in [0.25, 0.3) is 0 Å². The summed E-state index contributed by atoms with van der Waals surface area (Å²) in [5.74, 6) is -0.241. The molecule has 1 aliphatic carbocycles. The number of ether oxygens (including phenoxy) is 2. The highest BCUT2D eigenvalue weighted by molar-refractivity contribution is 5.78. The molecule has 0 spiro atoms. The number of rotatable bonds is 8. The third kappa shape index (κ3) is 5.80. The Morgan fingerprint density at radius 2 is 1.75 bits per heavy atom. The van der Waals surface area contributed by atoms with Crippen LogP contribution in [-0.2, 0) is 14.3 Å². The third-order valence-corrected chi connectivity index (χ3v) is 4.04.